The Kier molecular flexibility index (Phi) is 15.2. The first-order chi connectivity index (χ1) is 32.8. The van der Waals surface area contributed by atoms with Crippen molar-refractivity contribution in [1.82, 2.24) is 34.7 Å². The average molecular weight is 960 g/mol. The lowest BCUT2D eigenvalue weighted by Gasteiger charge is -2.33. The second-order valence-corrected chi connectivity index (χ2v) is 19.4. The minimum Gasteiger partial charge on any atom is -0.382 e. The van der Waals surface area contributed by atoms with E-state index >= 15 is 0 Å². The highest BCUT2D eigenvalue weighted by molar-refractivity contribution is 7.17. The number of hydrogen-bond donors (Lipinski definition) is 4. The van der Waals surface area contributed by atoms with Gasteiger partial charge in [0.15, 0.2) is 0 Å². The largest absolute Gasteiger partial charge is 0.382 e. The first-order valence-corrected chi connectivity index (χ1v) is 24.6. The molecule has 2 fully saturated rings. The monoisotopic (exact) mass is 958 g/mol. The number of amidine groups is 2. The van der Waals surface area contributed by atoms with Crippen LogP contribution in [0.4, 0.5) is 10.7 Å². The van der Waals surface area contributed by atoms with Gasteiger partial charge in [0.05, 0.1) is 28.8 Å². The Morgan fingerprint density at radius 2 is 1.79 bits per heavy atom. The highest BCUT2D eigenvalue weighted by Gasteiger charge is 2.38. The smallest absolute Gasteiger partial charge is 0.255 e. The third-order valence-electron chi connectivity index (χ3n) is 13.3. The van der Waals surface area contributed by atoms with Gasteiger partial charge in [-0.15, -0.1) is 11.3 Å². The van der Waals surface area contributed by atoms with Gasteiger partial charge in [0, 0.05) is 97.6 Å². The first kappa shape index (κ1) is 48.3. The molecule has 1 unspecified atom stereocenters. The van der Waals surface area contributed by atoms with Gasteiger partial charge in [-0.1, -0.05) is 55.0 Å². The van der Waals surface area contributed by atoms with Crippen LogP contribution < -0.4 is 15.5 Å². The minimum absolute atomic E-state index is 0.0290. The fourth-order valence-electron chi connectivity index (χ4n) is 9.50. The van der Waals surface area contributed by atoms with E-state index in [0.29, 0.717) is 60.2 Å². The second-order valence-electron chi connectivity index (χ2n) is 18.0. The van der Waals surface area contributed by atoms with Crippen LogP contribution in [0.25, 0.3) is 0 Å². The van der Waals surface area contributed by atoms with E-state index in [1.807, 2.05) is 79.1 Å². The number of amides is 4. The third kappa shape index (κ3) is 10.6. The van der Waals surface area contributed by atoms with Gasteiger partial charge in [-0.05, 0) is 83.0 Å². The molecule has 4 aromatic rings. The van der Waals surface area contributed by atoms with Crippen molar-refractivity contribution in [3.63, 3.8) is 0 Å². The van der Waals surface area contributed by atoms with Gasteiger partial charge in [0.2, 0.25) is 18.2 Å². The van der Waals surface area contributed by atoms with Crippen molar-refractivity contribution in [3.05, 3.63) is 98.1 Å². The van der Waals surface area contributed by atoms with Crippen molar-refractivity contribution in [2.75, 3.05) is 63.1 Å². The van der Waals surface area contributed by atoms with Crippen LogP contribution in [0.15, 0.2) is 59.9 Å². The van der Waals surface area contributed by atoms with Crippen LogP contribution in [-0.2, 0) is 27.5 Å². The van der Waals surface area contributed by atoms with Gasteiger partial charge in [0.1, 0.15) is 28.8 Å². The molecule has 0 saturated carbocycles. The topological polar surface area (TPSA) is 186 Å². The van der Waals surface area contributed by atoms with E-state index in [0.717, 1.165) is 96.9 Å². The summed E-state index contributed by atoms with van der Waals surface area (Å²) in [6.45, 7) is 12.3. The van der Waals surface area contributed by atoms with E-state index in [4.69, 9.17) is 22.0 Å². The lowest BCUT2D eigenvalue weighted by Crippen LogP contribution is -2.49. The van der Waals surface area contributed by atoms with E-state index in [9.17, 15) is 24.6 Å². The number of likely N-dealkylation sites (N-methyl/N-ethyl adjacent to an activating group) is 1. The van der Waals surface area contributed by atoms with Crippen molar-refractivity contribution in [3.8, 4) is 11.8 Å². The third-order valence-corrected chi connectivity index (χ3v) is 14.7. The van der Waals surface area contributed by atoms with Gasteiger partial charge >= 0.3 is 0 Å². The maximum atomic E-state index is 13.6. The molecule has 2 saturated heterocycles. The number of piperazine rings is 1. The number of piperidine rings is 1. The molecule has 18 heteroatoms. The Bertz CT molecular complexity index is 2670. The molecule has 16 nitrogen and oxygen atoms in total. The van der Waals surface area contributed by atoms with E-state index < -0.39 is 18.0 Å². The quantitative estimate of drug-likeness (QED) is 0.0522. The summed E-state index contributed by atoms with van der Waals surface area (Å²) in [5.74, 6) is 6.24. The fourth-order valence-corrected chi connectivity index (χ4v) is 10.9. The number of fused-ring (bicyclic) bond motifs is 2. The average Bonchev–Trinajstić information content (AvgIpc) is 4.00. The van der Waals surface area contributed by atoms with Crippen LogP contribution >= 0.6 is 22.9 Å². The van der Waals surface area contributed by atoms with Crippen molar-refractivity contribution in [2.45, 2.75) is 90.5 Å². The Balaban J connectivity index is 0.894. The molecule has 2 aromatic carbocycles. The van der Waals surface area contributed by atoms with E-state index in [1.54, 1.807) is 22.9 Å². The van der Waals surface area contributed by atoms with Gasteiger partial charge < -0.3 is 24.9 Å². The molecule has 0 spiro atoms. The number of carbonyl (C=O) groups excluding carboxylic acids is 4. The molecule has 4 amide bonds. The lowest BCUT2D eigenvalue weighted by molar-refractivity contribution is -0.133. The Labute approximate surface area is 406 Å². The molecule has 4 aliphatic heterocycles. The number of hydrogen-bond acceptors (Lipinski definition) is 12. The summed E-state index contributed by atoms with van der Waals surface area (Å²) in [5.41, 5.74) is 6.31. The second kappa shape index (κ2) is 21.4. The number of imide groups is 1. The molecule has 0 aliphatic carbocycles. The highest BCUT2D eigenvalue weighted by atomic mass is 35.5. The Morgan fingerprint density at radius 1 is 1.04 bits per heavy atom. The number of likely N-dealkylation sites (tertiary alicyclic amines) is 1. The van der Waals surface area contributed by atoms with Gasteiger partial charge in [0.25, 0.3) is 5.91 Å². The summed E-state index contributed by atoms with van der Waals surface area (Å²) in [4.78, 5) is 66.4. The summed E-state index contributed by atoms with van der Waals surface area (Å²) in [7, 11) is 2.05. The summed E-state index contributed by atoms with van der Waals surface area (Å²) in [5, 5.41) is 30.1. The van der Waals surface area contributed by atoms with E-state index in [2.05, 4.69) is 37.4 Å². The molecule has 6 heterocycles. The maximum absolute atomic E-state index is 13.6. The van der Waals surface area contributed by atoms with Crippen molar-refractivity contribution in [1.29, 1.82) is 10.8 Å². The van der Waals surface area contributed by atoms with Crippen LogP contribution in [0.1, 0.15) is 95.4 Å². The number of nitrogens with zero attached hydrogens (tertiary/aromatic N) is 8. The molecule has 356 valence electrons. The van der Waals surface area contributed by atoms with Crippen LogP contribution in [0.5, 0.6) is 0 Å². The molecule has 0 bridgehead atoms. The fraction of sp³-hybridized carbons (Fsp3) is 0.440. The Morgan fingerprint density at radius 3 is 2.50 bits per heavy atom. The van der Waals surface area contributed by atoms with Gasteiger partial charge in [-0.25, -0.2) is 0 Å². The summed E-state index contributed by atoms with van der Waals surface area (Å²) < 4.78 is 1.93. The van der Waals surface area contributed by atoms with Gasteiger partial charge in [-0.3, -0.25) is 49.9 Å². The van der Waals surface area contributed by atoms with E-state index in [-0.39, 0.29) is 35.9 Å². The van der Waals surface area contributed by atoms with Crippen LogP contribution in [-0.4, -0.2) is 142 Å². The number of rotatable bonds is 14. The minimum atomic E-state index is -0.794. The number of aromatic nitrogens is 2. The number of anilines is 2. The number of carbonyl (C=O) groups is 4. The molecule has 0 radical (unpaired) electrons. The standard InChI is InChI=1S/C50H59ClN12O4S/c1-5-8-42(48(66)54-31-64)62-30-39-38(49(62)67)9-6-10-40(39)56-37-17-21-59(22-18-37)19-7-20-61-29-34(28-55-61)11-16-43-32(2)45-46(35-12-14-36(51)15-13-35)57-41(47(53)63(33(3)52)50(45)68-43)27-44(65)60-25-23-58(4)24-26-60/h6,9-10,12-15,28-29,31,37,41-42,52-53,56H,5,7-8,17-27,30H2,1-4H3,(H,54,64,66)/t41-,42?/m0/s1. The molecule has 4 aliphatic rings. The van der Waals surface area contributed by atoms with Crippen LogP contribution in [0, 0.1) is 29.6 Å². The van der Waals surface area contributed by atoms with Crippen molar-refractivity contribution >= 4 is 75.1 Å². The summed E-state index contributed by atoms with van der Waals surface area (Å²) in [6.07, 6.45) is 8.16. The zero-order valence-corrected chi connectivity index (χ0v) is 40.7. The molecule has 8 rings (SSSR count). The first-order valence-electron chi connectivity index (χ1n) is 23.4. The van der Waals surface area contributed by atoms with Crippen LogP contribution in [0.2, 0.25) is 5.02 Å². The highest BCUT2D eigenvalue weighted by Crippen LogP contribution is 2.41. The summed E-state index contributed by atoms with van der Waals surface area (Å²) in [6, 6.07) is 11.9. The SMILES string of the molecule is CCCC(C(=O)NC=O)N1Cc2c(NC3CCN(CCCn4cc(C#Cc5sc6c(c5C)C(c5ccc(Cl)cc5)=N[C@@H](CC(=O)N5CCN(C)CC5)C(=N)N6C(C)=N)cn4)CC3)cccc2C1=O. The zero-order chi connectivity index (χ0) is 48.1. The number of aliphatic imine (C=N–C) groups is 1. The number of benzene rings is 2. The predicted molar refractivity (Wildman–Crippen MR) is 267 cm³/mol. The van der Waals surface area contributed by atoms with Crippen molar-refractivity contribution < 1.29 is 19.2 Å². The molecule has 2 atom stereocenters. The summed E-state index contributed by atoms with van der Waals surface area (Å²) >= 11 is 7.74. The maximum Gasteiger partial charge on any atom is 0.255 e. The number of nitrogens with one attached hydrogen (secondary N) is 4. The molecular formula is C50H59ClN12O4S. The van der Waals surface area contributed by atoms with Crippen LogP contribution in [0.3, 0.4) is 0 Å². The number of aryl methyl sites for hydroxylation is 1. The molecule has 68 heavy (non-hydrogen) atoms. The Hall–Kier alpha value is -6.19. The van der Waals surface area contributed by atoms with Crippen molar-refractivity contribution in [2.24, 2.45) is 4.99 Å². The van der Waals surface area contributed by atoms with E-state index in [1.165, 1.54) is 11.3 Å². The molecular weight excluding hydrogens is 900 g/mol. The molecule has 4 N–H and O–H groups in total. The predicted octanol–water partition coefficient (Wildman–Crippen LogP) is 5.83. The number of thiophene rings is 1. The van der Waals surface area contributed by atoms with Gasteiger partial charge in [-0.2, -0.15) is 5.10 Å². The lowest BCUT2D eigenvalue weighted by atomic mass is 9.99. The normalized spacial score (nSPS) is 18.3. The zero-order valence-electron chi connectivity index (χ0n) is 39.1. The molecule has 2 aromatic heterocycles. The number of halogens is 1.